The Morgan fingerprint density at radius 2 is 1.80 bits per heavy atom. The lowest BCUT2D eigenvalue weighted by molar-refractivity contribution is 0.0770. The third-order valence-corrected chi connectivity index (χ3v) is 4.19. The zero-order valence-electron chi connectivity index (χ0n) is 14.2. The van der Waals surface area contributed by atoms with Crippen LogP contribution in [0.1, 0.15) is 26.3 Å². The van der Waals surface area contributed by atoms with Crippen LogP contribution < -0.4 is 14.8 Å². The second-order valence-electron chi connectivity index (χ2n) is 5.71. The Morgan fingerprint density at radius 1 is 1.12 bits per heavy atom. The molecule has 0 spiro atoms. The Kier molecular flexibility index (Phi) is 4.88. The van der Waals surface area contributed by atoms with Crippen molar-refractivity contribution in [3.63, 3.8) is 0 Å². The molecule has 1 N–H and O–H groups in total. The number of nitrogens with one attached hydrogen (secondary N) is 1. The lowest BCUT2D eigenvalue weighted by Gasteiger charge is -2.15. The summed E-state index contributed by atoms with van der Waals surface area (Å²) in [7, 11) is 3.11. The van der Waals surface area contributed by atoms with E-state index < -0.39 is 0 Å². The van der Waals surface area contributed by atoms with Crippen molar-refractivity contribution in [3.8, 4) is 11.5 Å². The van der Waals surface area contributed by atoms with Crippen LogP contribution in [0.15, 0.2) is 42.5 Å². The van der Waals surface area contributed by atoms with E-state index in [1.807, 2.05) is 24.3 Å². The van der Waals surface area contributed by atoms with Crippen molar-refractivity contribution >= 4 is 11.8 Å². The van der Waals surface area contributed by atoms with Crippen LogP contribution in [0.5, 0.6) is 11.5 Å². The van der Waals surface area contributed by atoms with Crippen LogP contribution in [0.2, 0.25) is 0 Å². The van der Waals surface area contributed by atoms with Gasteiger partial charge in [-0.25, -0.2) is 0 Å². The number of rotatable bonds is 6. The van der Waals surface area contributed by atoms with Crippen molar-refractivity contribution in [2.75, 3.05) is 27.3 Å². The Labute approximate surface area is 146 Å². The molecule has 0 aromatic heterocycles. The predicted octanol–water partition coefficient (Wildman–Crippen LogP) is 2.09. The van der Waals surface area contributed by atoms with Crippen LogP contribution in [0.4, 0.5) is 0 Å². The summed E-state index contributed by atoms with van der Waals surface area (Å²) in [5.41, 5.74) is 2.12. The molecular weight excluding hydrogens is 320 g/mol. The summed E-state index contributed by atoms with van der Waals surface area (Å²) in [5.74, 6) is 0.931. The minimum Gasteiger partial charge on any atom is -0.493 e. The molecule has 6 nitrogen and oxygen atoms in total. The Bertz CT molecular complexity index is 790. The molecule has 130 valence electrons. The molecule has 6 heteroatoms. The molecule has 2 amide bonds. The fourth-order valence-corrected chi connectivity index (χ4v) is 2.88. The first-order chi connectivity index (χ1) is 12.1. The first-order valence-electron chi connectivity index (χ1n) is 8.01. The zero-order chi connectivity index (χ0) is 17.8. The molecule has 0 bridgehead atoms. The van der Waals surface area contributed by atoms with Crippen molar-refractivity contribution in [1.82, 2.24) is 10.2 Å². The quantitative estimate of drug-likeness (QED) is 0.874. The predicted molar refractivity (Wildman–Crippen MR) is 93.1 cm³/mol. The highest BCUT2D eigenvalue weighted by atomic mass is 16.5. The fourth-order valence-electron chi connectivity index (χ4n) is 2.88. The van der Waals surface area contributed by atoms with Crippen LogP contribution in [0.3, 0.4) is 0 Å². The van der Waals surface area contributed by atoms with Gasteiger partial charge in [0.25, 0.3) is 11.8 Å². The minimum absolute atomic E-state index is 0.0649. The molecule has 0 saturated heterocycles. The van der Waals surface area contributed by atoms with Crippen molar-refractivity contribution in [2.24, 2.45) is 0 Å². The number of methoxy groups -OCH3 is 2. The molecule has 0 saturated carbocycles. The van der Waals surface area contributed by atoms with Crippen molar-refractivity contribution in [3.05, 3.63) is 59.2 Å². The summed E-state index contributed by atoms with van der Waals surface area (Å²) in [5, 5.41) is 2.84. The fraction of sp³-hybridized carbons (Fsp3) is 0.263. The second-order valence-corrected chi connectivity index (χ2v) is 5.71. The number of carbonyl (C=O) groups is 2. The third-order valence-electron chi connectivity index (χ3n) is 4.19. The number of hydrogen-bond acceptors (Lipinski definition) is 4. The number of carbonyl (C=O) groups excluding carboxylic acids is 2. The molecule has 0 aliphatic carbocycles. The average molecular weight is 340 g/mol. The van der Waals surface area contributed by atoms with Gasteiger partial charge in [-0.05, 0) is 29.8 Å². The largest absolute Gasteiger partial charge is 0.493 e. The Balaban J connectivity index is 1.61. The number of benzene rings is 2. The van der Waals surface area contributed by atoms with E-state index in [0.717, 1.165) is 5.56 Å². The van der Waals surface area contributed by atoms with Gasteiger partial charge < -0.3 is 19.7 Å². The summed E-state index contributed by atoms with van der Waals surface area (Å²) in [6.07, 6.45) is 0. The number of ether oxygens (including phenoxy) is 2. The molecule has 0 fully saturated rings. The number of amides is 2. The van der Waals surface area contributed by atoms with Crippen molar-refractivity contribution in [1.29, 1.82) is 0 Å². The highest BCUT2D eigenvalue weighted by Gasteiger charge is 2.29. The Morgan fingerprint density at radius 3 is 2.48 bits per heavy atom. The van der Waals surface area contributed by atoms with Gasteiger partial charge in [-0.2, -0.15) is 0 Å². The molecule has 1 heterocycles. The maximum atomic E-state index is 12.5. The molecule has 1 aliphatic heterocycles. The van der Waals surface area contributed by atoms with E-state index in [9.17, 15) is 9.59 Å². The van der Waals surface area contributed by atoms with Gasteiger partial charge in [-0.3, -0.25) is 9.59 Å². The van der Waals surface area contributed by atoms with E-state index in [1.54, 1.807) is 37.3 Å². The number of hydrogen-bond donors (Lipinski definition) is 1. The van der Waals surface area contributed by atoms with Gasteiger partial charge in [0, 0.05) is 30.8 Å². The maximum Gasteiger partial charge on any atom is 0.254 e. The summed E-state index contributed by atoms with van der Waals surface area (Å²) in [6.45, 7) is 1.33. The summed E-state index contributed by atoms with van der Waals surface area (Å²) in [6, 6.07) is 12.5. The zero-order valence-corrected chi connectivity index (χ0v) is 14.2. The lowest BCUT2D eigenvalue weighted by Crippen LogP contribution is -2.35. The van der Waals surface area contributed by atoms with E-state index >= 15 is 0 Å². The van der Waals surface area contributed by atoms with E-state index in [1.165, 1.54) is 0 Å². The first-order valence-corrected chi connectivity index (χ1v) is 8.01. The molecule has 0 radical (unpaired) electrons. The van der Waals surface area contributed by atoms with E-state index in [2.05, 4.69) is 5.32 Å². The highest BCUT2D eigenvalue weighted by Crippen LogP contribution is 2.34. The second kappa shape index (κ2) is 7.25. The molecule has 2 aromatic rings. The van der Waals surface area contributed by atoms with E-state index in [4.69, 9.17) is 9.47 Å². The van der Waals surface area contributed by atoms with Crippen LogP contribution in [0, 0.1) is 0 Å². The van der Waals surface area contributed by atoms with Gasteiger partial charge in [-0.15, -0.1) is 0 Å². The molecular formula is C19H20N2O4. The topological polar surface area (TPSA) is 67.9 Å². The summed E-state index contributed by atoms with van der Waals surface area (Å²) < 4.78 is 10.5. The van der Waals surface area contributed by atoms with E-state index in [-0.39, 0.29) is 11.8 Å². The monoisotopic (exact) mass is 340 g/mol. The highest BCUT2D eigenvalue weighted by molar-refractivity contribution is 5.99. The molecule has 1 aliphatic rings. The van der Waals surface area contributed by atoms with Crippen molar-refractivity contribution in [2.45, 2.75) is 6.54 Å². The van der Waals surface area contributed by atoms with Crippen LogP contribution in [0.25, 0.3) is 0 Å². The Hall–Kier alpha value is -3.02. The standard InChI is InChI=1S/C19H20N2O4/c1-24-16-10-14-12-21(19(23)15(14)11-17(16)25-2)9-8-20-18(22)13-6-4-3-5-7-13/h3-7,10-11H,8-9,12H2,1-2H3,(H,20,22). The molecule has 25 heavy (non-hydrogen) atoms. The van der Waals surface area contributed by atoms with Crippen LogP contribution in [-0.4, -0.2) is 44.0 Å². The average Bonchev–Trinajstić information content (AvgIpc) is 2.96. The molecule has 0 atom stereocenters. The van der Waals surface area contributed by atoms with E-state index in [0.29, 0.717) is 42.3 Å². The smallest absolute Gasteiger partial charge is 0.254 e. The van der Waals surface area contributed by atoms with Gasteiger partial charge in [0.1, 0.15) is 0 Å². The SMILES string of the molecule is COc1cc2c(cc1OC)C(=O)N(CCNC(=O)c1ccccc1)C2. The van der Waals surface area contributed by atoms with Gasteiger partial charge in [-0.1, -0.05) is 18.2 Å². The van der Waals surface area contributed by atoms with Gasteiger partial charge in [0.2, 0.25) is 0 Å². The third kappa shape index (κ3) is 3.42. The van der Waals surface area contributed by atoms with Gasteiger partial charge in [0.15, 0.2) is 11.5 Å². The van der Waals surface area contributed by atoms with Gasteiger partial charge >= 0.3 is 0 Å². The molecule has 2 aromatic carbocycles. The normalized spacial score (nSPS) is 12.7. The number of nitrogens with zero attached hydrogens (tertiary/aromatic N) is 1. The summed E-state index contributed by atoms with van der Waals surface area (Å²) in [4.78, 5) is 26.3. The molecule has 0 unspecified atom stereocenters. The minimum atomic E-state index is -0.145. The first kappa shape index (κ1) is 16.8. The van der Waals surface area contributed by atoms with Gasteiger partial charge in [0.05, 0.1) is 14.2 Å². The lowest BCUT2D eigenvalue weighted by atomic mass is 10.1. The maximum absolute atomic E-state index is 12.5. The molecule has 3 rings (SSSR count). The van der Waals surface area contributed by atoms with Crippen LogP contribution >= 0.6 is 0 Å². The number of fused-ring (bicyclic) bond motifs is 1. The summed E-state index contributed by atoms with van der Waals surface area (Å²) >= 11 is 0. The van der Waals surface area contributed by atoms with Crippen LogP contribution in [-0.2, 0) is 6.54 Å². The van der Waals surface area contributed by atoms with Crippen molar-refractivity contribution < 1.29 is 19.1 Å².